The minimum absolute atomic E-state index is 0.287. The molecule has 0 aliphatic carbocycles. The van der Waals surface area contributed by atoms with Crippen LogP contribution < -0.4 is 14.8 Å². The van der Waals surface area contributed by atoms with Gasteiger partial charge in [0.2, 0.25) is 0 Å². The van der Waals surface area contributed by atoms with Crippen LogP contribution in [-0.2, 0) is 0 Å². The van der Waals surface area contributed by atoms with Crippen molar-refractivity contribution in [2.24, 2.45) is 0 Å². The van der Waals surface area contributed by atoms with Crippen molar-refractivity contribution < 1.29 is 9.47 Å². The van der Waals surface area contributed by atoms with E-state index in [2.05, 4.69) is 34.2 Å². The van der Waals surface area contributed by atoms with Gasteiger partial charge in [-0.05, 0) is 50.7 Å². The van der Waals surface area contributed by atoms with Crippen molar-refractivity contribution in [3.8, 4) is 17.2 Å². The molecule has 0 saturated heterocycles. The number of benzene rings is 2. The van der Waals surface area contributed by atoms with Gasteiger partial charge in [0.1, 0.15) is 17.2 Å². The van der Waals surface area contributed by atoms with Crippen molar-refractivity contribution in [1.82, 2.24) is 5.32 Å². The summed E-state index contributed by atoms with van der Waals surface area (Å²) in [5.74, 6) is 2.37. The van der Waals surface area contributed by atoms with Gasteiger partial charge in [0.05, 0.1) is 6.61 Å². The van der Waals surface area contributed by atoms with Gasteiger partial charge in [-0.3, -0.25) is 0 Å². The van der Waals surface area contributed by atoms with E-state index in [1.807, 2.05) is 50.4 Å². The van der Waals surface area contributed by atoms with Gasteiger partial charge in [-0.2, -0.15) is 0 Å². The van der Waals surface area contributed by atoms with Crippen LogP contribution in [0.2, 0.25) is 0 Å². The molecule has 2 aromatic carbocycles. The molecule has 2 aromatic rings. The Morgan fingerprint density at radius 1 is 1.10 bits per heavy atom. The number of hydrogen-bond acceptors (Lipinski definition) is 3. The van der Waals surface area contributed by atoms with Crippen LogP contribution in [0.25, 0.3) is 0 Å². The van der Waals surface area contributed by atoms with Crippen LogP contribution in [-0.4, -0.2) is 13.7 Å². The third-order valence-electron chi connectivity index (χ3n) is 3.22. The molecule has 1 N–H and O–H groups in total. The summed E-state index contributed by atoms with van der Waals surface area (Å²) >= 11 is 3.60. The fourth-order valence-corrected chi connectivity index (χ4v) is 2.71. The zero-order valence-corrected chi connectivity index (χ0v) is 14.1. The topological polar surface area (TPSA) is 30.5 Å². The average molecular weight is 350 g/mol. The highest BCUT2D eigenvalue weighted by Gasteiger charge is 2.09. The third-order valence-corrected chi connectivity index (χ3v) is 3.91. The second-order valence-electron chi connectivity index (χ2n) is 4.70. The standard InChI is InChI=1S/C17H20BrNO2/c1-4-20-13-6-5-7-14(10-13)21-15-8-9-16(12(2)19-3)17(18)11-15/h5-12,19H,4H2,1-3H3. The Morgan fingerprint density at radius 3 is 2.48 bits per heavy atom. The van der Waals surface area contributed by atoms with Crippen LogP contribution in [0.5, 0.6) is 17.2 Å². The zero-order valence-electron chi connectivity index (χ0n) is 12.5. The van der Waals surface area contributed by atoms with E-state index >= 15 is 0 Å². The largest absolute Gasteiger partial charge is 0.494 e. The molecule has 0 aliphatic heterocycles. The summed E-state index contributed by atoms with van der Waals surface area (Å²) in [5.41, 5.74) is 1.20. The van der Waals surface area contributed by atoms with Crippen LogP contribution >= 0.6 is 15.9 Å². The molecule has 3 nitrogen and oxygen atoms in total. The van der Waals surface area contributed by atoms with Gasteiger partial charge in [0.15, 0.2) is 0 Å². The first-order valence-corrected chi connectivity index (χ1v) is 7.80. The molecule has 1 unspecified atom stereocenters. The molecule has 0 bridgehead atoms. The molecule has 112 valence electrons. The Morgan fingerprint density at radius 2 is 1.81 bits per heavy atom. The van der Waals surface area contributed by atoms with E-state index < -0.39 is 0 Å². The predicted molar refractivity (Wildman–Crippen MR) is 89.3 cm³/mol. The lowest BCUT2D eigenvalue weighted by Gasteiger charge is -2.14. The fraction of sp³-hybridized carbons (Fsp3) is 0.294. The lowest BCUT2D eigenvalue weighted by Crippen LogP contribution is -2.12. The minimum Gasteiger partial charge on any atom is -0.494 e. The molecule has 21 heavy (non-hydrogen) atoms. The molecule has 1 atom stereocenters. The highest BCUT2D eigenvalue weighted by Crippen LogP contribution is 2.31. The van der Waals surface area contributed by atoms with Crippen LogP contribution in [0.4, 0.5) is 0 Å². The van der Waals surface area contributed by atoms with Crippen molar-refractivity contribution in [3.63, 3.8) is 0 Å². The van der Waals surface area contributed by atoms with E-state index in [1.165, 1.54) is 5.56 Å². The van der Waals surface area contributed by atoms with Gasteiger partial charge in [0.25, 0.3) is 0 Å². The van der Waals surface area contributed by atoms with Crippen molar-refractivity contribution >= 4 is 15.9 Å². The lowest BCUT2D eigenvalue weighted by molar-refractivity contribution is 0.338. The van der Waals surface area contributed by atoms with Gasteiger partial charge in [0, 0.05) is 16.6 Å². The van der Waals surface area contributed by atoms with Crippen LogP contribution in [0.15, 0.2) is 46.9 Å². The lowest BCUT2D eigenvalue weighted by atomic mass is 10.1. The fourth-order valence-electron chi connectivity index (χ4n) is 2.01. The van der Waals surface area contributed by atoms with Crippen LogP contribution in [0.1, 0.15) is 25.5 Å². The number of ether oxygens (including phenoxy) is 2. The zero-order chi connectivity index (χ0) is 15.2. The number of rotatable bonds is 6. The molecule has 0 aromatic heterocycles. The highest BCUT2D eigenvalue weighted by atomic mass is 79.9. The van der Waals surface area contributed by atoms with E-state index in [0.717, 1.165) is 21.7 Å². The van der Waals surface area contributed by atoms with E-state index in [1.54, 1.807) is 0 Å². The molecule has 0 spiro atoms. The summed E-state index contributed by atoms with van der Waals surface area (Å²) in [6.07, 6.45) is 0. The smallest absolute Gasteiger partial charge is 0.131 e. The first-order valence-electron chi connectivity index (χ1n) is 7.01. The Balaban J connectivity index is 2.16. The number of hydrogen-bond donors (Lipinski definition) is 1. The van der Waals surface area contributed by atoms with Gasteiger partial charge in [-0.15, -0.1) is 0 Å². The molecule has 0 saturated carbocycles. The Kier molecular flexibility index (Phi) is 5.65. The SMILES string of the molecule is CCOc1cccc(Oc2ccc(C(C)NC)c(Br)c2)c1. The van der Waals surface area contributed by atoms with Gasteiger partial charge in [-0.25, -0.2) is 0 Å². The van der Waals surface area contributed by atoms with E-state index in [9.17, 15) is 0 Å². The Labute approximate surface area is 134 Å². The molecule has 0 radical (unpaired) electrons. The third kappa shape index (κ3) is 4.22. The number of halogens is 1. The van der Waals surface area contributed by atoms with Crippen LogP contribution in [0, 0.1) is 0 Å². The molecule has 0 fully saturated rings. The molecular weight excluding hydrogens is 330 g/mol. The van der Waals surface area contributed by atoms with E-state index in [4.69, 9.17) is 9.47 Å². The van der Waals surface area contributed by atoms with E-state index in [-0.39, 0.29) is 6.04 Å². The predicted octanol–water partition coefficient (Wildman–Crippen LogP) is 4.92. The highest BCUT2D eigenvalue weighted by molar-refractivity contribution is 9.10. The summed E-state index contributed by atoms with van der Waals surface area (Å²) in [6, 6.07) is 14.0. The second kappa shape index (κ2) is 7.48. The molecule has 0 aliphatic rings. The summed E-state index contributed by atoms with van der Waals surface area (Å²) in [5, 5.41) is 3.23. The summed E-state index contributed by atoms with van der Waals surface area (Å²) < 4.78 is 12.4. The number of nitrogens with one attached hydrogen (secondary N) is 1. The van der Waals surface area contributed by atoms with Crippen molar-refractivity contribution in [3.05, 3.63) is 52.5 Å². The monoisotopic (exact) mass is 349 g/mol. The Bertz CT molecular complexity index is 601. The minimum atomic E-state index is 0.287. The molecule has 2 rings (SSSR count). The van der Waals surface area contributed by atoms with Gasteiger partial charge in [-0.1, -0.05) is 28.1 Å². The van der Waals surface area contributed by atoms with Crippen molar-refractivity contribution in [1.29, 1.82) is 0 Å². The second-order valence-corrected chi connectivity index (χ2v) is 5.56. The van der Waals surface area contributed by atoms with Crippen LogP contribution in [0.3, 0.4) is 0 Å². The quantitative estimate of drug-likeness (QED) is 0.802. The first-order chi connectivity index (χ1) is 10.1. The Hall–Kier alpha value is -1.52. The van der Waals surface area contributed by atoms with Gasteiger partial charge >= 0.3 is 0 Å². The normalized spacial score (nSPS) is 12.0. The van der Waals surface area contributed by atoms with Crippen molar-refractivity contribution in [2.75, 3.05) is 13.7 Å². The van der Waals surface area contributed by atoms with E-state index in [0.29, 0.717) is 6.61 Å². The molecule has 4 heteroatoms. The van der Waals surface area contributed by atoms with Gasteiger partial charge < -0.3 is 14.8 Å². The maximum Gasteiger partial charge on any atom is 0.131 e. The summed E-state index contributed by atoms with van der Waals surface area (Å²) in [4.78, 5) is 0. The average Bonchev–Trinajstić information content (AvgIpc) is 2.47. The summed E-state index contributed by atoms with van der Waals surface area (Å²) in [6.45, 7) is 4.73. The maximum atomic E-state index is 5.88. The summed E-state index contributed by atoms with van der Waals surface area (Å²) in [7, 11) is 1.95. The molecule has 0 amide bonds. The first kappa shape index (κ1) is 15.9. The molecular formula is C17H20BrNO2. The maximum absolute atomic E-state index is 5.88. The van der Waals surface area contributed by atoms with Crippen molar-refractivity contribution in [2.45, 2.75) is 19.9 Å². The molecule has 0 heterocycles.